The quantitative estimate of drug-likeness (QED) is 0.186. The third kappa shape index (κ3) is 9.01. The smallest absolute Gasteiger partial charge is 0.310 e. The SMILES string of the molecule is CCCCOC(CC)C(OCCCC)(OCCCC)C(CC)C(=O)CC(=O)O. The normalized spacial score (nSPS) is 14.0. The first-order chi connectivity index (χ1) is 13.4. The van der Waals surface area contributed by atoms with Crippen molar-refractivity contribution < 1.29 is 28.9 Å². The van der Waals surface area contributed by atoms with Crippen LogP contribution in [0.15, 0.2) is 0 Å². The van der Waals surface area contributed by atoms with Crippen LogP contribution in [-0.2, 0) is 23.8 Å². The van der Waals surface area contributed by atoms with Crippen molar-refractivity contribution in [3.05, 3.63) is 0 Å². The largest absolute Gasteiger partial charge is 0.481 e. The molecule has 0 heterocycles. The van der Waals surface area contributed by atoms with Crippen molar-refractivity contribution >= 4 is 11.8 Å². The minimum absolute atomic E-state index is 0.361. The van der Waals surface area contributed by atoms with Gasteiger partial charge in [0.05, 0.1) is 19.1 Å². The summed E-state index contributed by atoms with van der Waals surface area (Å²) in [5.74, 6) is -3.41. The van der Waals surface area contributed by atoms with E-state index >= 15 is 0 Å². The number of carboxylic acid groups (broad SMARTS) is 1. The highest BCUT2D eigenvalue weighted by Crippen LogP contribution is 2.36. The first kappa shape index (κ1) is 27.0. The Morgan fingerprint density at radius 3 is 1.71 bits per heavy atom. The summed E-state index contributed by atoms with van der Waals surface area (Å²) < 4.78 is 18.7. The molecule has 0 bridgehead atoms. The third-order valence-electron chi connectivity index (χ3n) is 4.90. The number of rotatable bonds is 19. The second kappa shape index (κ2) is 15.9. The summed E-state index contributed by atoms with van der Waals surface area (Å²) >= 11 is 0. The van der Waals surface area contributed by atoms with Gasteiger partial charge < -0.3 is 19.3 Å². The maximum atomic E-state index is 12.9. The van der Waals surface area contributed by atoms with Crippen LogP contribution in [0.25, 0.3) is 0 Å². The van der Waals surface area contributed by atoms with E-state index in [4.69, 9.17) is 19.3 Å². The van der Waals surface area contributed by atoms with Gasteiger partial charge in [0, 0.05) is 6.61 Å². The lowest BCUT2D eigenvalue weighted by atomic mass is 9.84. The Kier molecular flexibility index (Phi) is 15.3. The molecule has 166 valence electrons. The fraction of sp³-hybridized carbons (Fsp3) is 0.909. The minimum atomic E-state index is -1.24. The Labute approximate surface area is 171 Å². The number of hydrogen-bond acceptors (Lipinski definition) is 5. The number of unbranched alkanes of at least 4 members (excludes halogenated alkanes) is 3. The van der Waals surface area contributed by atoms with E-state index in [0.29, 0.717) is 32.7 Å². The lowest BCUT2D eigenvalue weighted by Gasteiger charge is -2.44. The van der Waals surface area contributed by atoms with Crippen LogP contribution in [0.3, 0.4) is 0 Å². The molecule has 0 aromatic rings. The fourth-order valence-corrected chi connectivity index (χ4v) is 3.30. The Morgan fingerprint density at radius 1 is 0.821 bits per heavy atom. The summed E-state index contributed by atoms with van der Waals surface area (Å²) in [6, 6.07) is 0. The van der Waals surface area contributed by atoms with E-state index in [1.54, 1.807) is 0 Å². The first-order valence-corrected chi connectivity index (χ1v) is 11.1. The average molecular weight is 403 g/mol. The standard InChI is InChI=1S/C22H42O6/c1-6-11-14-26-20(10-5)22(27-15-12-7-2,28-16-13-8-3)18(9-4)19(23)17-21(24)25/h18,20H,6-17H2,1-5H3,(H,24,25). The summed E-state index contributed by atoms with van der Waals surface area (Å²) in [6.45, 7) is 11.6. The Balaban J connectivity index is 5.91. The molecule has 0 aliphatic rings. The molecule has 2 atom stereocenters. The van der Waals surface area contributed by atoms with Gasteiger partial charge in [-0.05, 0) is 32.1 Å². The van der Waals surface area contributed by atoms with Crippen molar-refractivity contribution in [1.29, 1.82) is 0 Å². The second-order valence-electron chi connectivity index (χ2n) is 7.24. The summed E-state index contributed by atoms with van der Waals surface area (Å²) in [7, 11) is 0. The molecule has 0 rings (SSSR count). The van der Waals surface area contributed by atoms with Gasteiger partial charge in [-0.2, -0.15) is 0 Å². The highest BCUT2D eigenvalue weighted by molar-refractivity contribution is 5.96. The van der Waals surface area contributed by atoms with E-state index in [1.807, 2.05) is 13.8 Å². The average Bonchev–Trinajstić information content (AvgIpc) is 2.65. The molecule has 0 amide bonds. The predicted molar refractivity (Wildman–Crippen MR) is 110 cm³/mol. The number of hydrogen-bond donors (Lipinski definition) is 1. The zero-order valence-electron chi connectivity index (χ0n) is 18.6. The van der Waals surface area contributed by atoms with Crippen LogP contribution >= 0.6 is 0 Å². The molecule has 0 aromatic carbocycles. The molecule has 0 fully saturated rings. The van der Waals surface area contributed by atoms with Gasteiger partial charge in [0.2, 0.25) is 5.79 Å². The van der Waals surface area contributed by atoms with Gasteiger partial charge >= 0.3 is 5.97 Å². The van der Waals surface area contributed by atoms with Gasteiger partial charge in [0.1, 0.15) is 12.5 Å². The number of ether oxygens (including phenoxy) is 3. The summed E-state index contributed by atoms with van der Waals surface area (Å²) in [5, 5.41) is 9.16. The lowest BCUT2D eigenvalue weighted by Crippen LogP contribution is -2.57. The van der Waals surface area contributed by atoms with Crippen LogP contribution in [0.2, 0.25) is 0 Å². The predicted octanol–water partition coefficient (Wildman–Crippen LogP) is 4.98. The number of aliphatic carboxylic acids is 1. The van der Waals surface area contributed by atoms with Crippen LogP contribution in [-0.4, -0.2) is 48.6 Å². The molecule has 0 spiro atoms. The molecule has 6 heteroatoms. The van der Waals surface area contributed by atoms with Crippen molar-refractivity contribution in [3.8, 4) is 0 Å². The highest BCUT2D eigenvalue weighted by atomic mass is 16.7. The Hall–Kier alpha value is -0.980. The fourth-order valence-electron chi connectivity index (χ4n) is 3.30. The van der Waals surface area contributed by atoms with E-state index in [2.05, 4.69) is 20.8 Å². The van der Waals surface area contributed by atoms with Gasteiger partial charge in [-0.25, -0.2) is 0 Å². The van der Waals surface area contributed by atoms with Crippen LogP contribution in [0.1, 0.15) is 92.4 Å². The molecule has 0 aromatic heterocycles. The van der Waals surface area contributed by atoms with Gasteiger partial charge in [-0.3, -0.25) is 9.59 Å². The summed E-state index contributed by atoms with van der Waals surface area (Å²) in [6.07, 6.45) is 5.63. The van der Waals surface area contributed by atoms with Gasteiger partial charge in [-0.1, -0.05) is 53.9 Å². The molecule has 1 N–H and O–H groups in total. The molecule has 0 aliphatic carbocycles. The molecule has 6 nitrogen and oxygen atoms in total. The Bertz CT molecular complexity index is 413. The van der Waals surface area contributed by atoms with Crippen LogP contribution in [0, 0.1) is 5.92 Å². The molecular weight excluding hydrogens is 360 g/mol. The molecule has 0 saturated carbocycles. The van der Waals surface area contributed by atoms with E-state index in [9.17, 15) is 9.59 Å². The maximum Gasteiger partial charge on any atom is 0.310 e. The number of carbonyl (C=O) groups is 2. The zero-order chi connectivity index (χ0) is 21.4. The molecule has 0 aliphatic heterocycles. The van der Waals surface area contributed by atoms with E-state index in [0.717, 1.165) is 38.5 Å². The highest BCUT2D eigenvalue weighted by Gasteiger charge is 2.50. The molecule has 2 unspecified atom stereocenters. The number of Topliss-reactive ketones (excluding diaryl/α,β-unsaturated/α-hetero) is 1. The molecule has 0 saturated heterocycles. The van der Waals surface area contributed by atoms with E-state index in [-0.39, 0.29) is 5.78 Å². The number of ketones is 1. The van der Waals surface area contributed by atoms with Gasteiger partial charge in [0.25, 0.3) is 0 Å². The third-order valence-corrected chi connectivity index (χ3v) is 4.90. The van der Waals surface area contributed by atoms with Crippen molar-refractivity contribution in [3.63, 3.8) is 0 Å². The van der Waals surface area contributed by atoms with Gasteiger partial charge in [-0.15, -0.1) is 0 Å². The van der Waals surface area contributed by atoms with Crippen LogP contribution in [0.4, 0.5) is 0 Å². The summed E-state index contributed by atoms with van der Waals surface area (Å²) in [4.78, 5) is 24.0. The number of carboxylic acids is 1. The van der Waals surface area contributed by atoms with Crippen LogP contribution in [0.5, 0.6) is 0 Å². The van der Waals surface area contributed by atoms with Crippen molar-refractivity contribution in [1.82, 2.24) is 0 Å². The number of carbonyl (C=O) groups excluding carboxylic acids is 1. The minimum Gasteiger partial charge on any atom is -0.481 e. The van der Waals surface area contributed by atoms with Crippen LogP contribution < -0.4 is 0 Å². The van der Waals surface area contributed by atoms with E-state index in [1.165, 1.54) is 0 Å². The molecule has 28 heavy (non-hydrogen) atoms. The van der Waals surface area contributed by atoms with E-state index < -0.39 is 30.2 Å². The Morgan fingerprint density at radius 2 is 1.32 bits per heavy atom. The van der Waals surface area contributed by atoms with Crippen molar-refractivity contribution in [2.24, 2.45) is 5.92 Å². The second-order valence-corrected chi connectivity index (χ2v) is 7.24. The lowest BCUT2D eigenvalue weighted by molar-refractivity contribution is -0.314. The first-order valence-electron chi connectivity index (χ1n) is 11.1. The maximum absolute atomic E-state index is 12.9. The molecular formula is C22H42O6. The molecule has 0 radical (unpaired) electrons. The van der Waals surface area contributed by atoms with Crippen molar-refractivity contribution in [2.45, 2.75) is 104 Å². The zero-order valence-corrected chi connectivity index (χ0v) is 18.6. The topological polar surface area (TPSA) is 82.1 Å². The monoisotopic (exact) mass is 402 g/mol. The van der Waals surface area contributed by atoms with Gasteiger partial charge in [0.15, 0.2) is 5.78 Å². The summed E-state index contributed by atoms with van der Waals surface area (Å²) in [5.41, 5.74) is 0. The van der Waals surface area contributed by atoms with Crippen molar-refractivity contribution in [2.75, 3.05) is 19.8 Å².